The molecule has 5 rings (SSSR count). The van der Waals surface area contributed by atoms with Gasteiger partial charge in [0.1, 0.15) is 22.6 Å². The first kappa shape index (κ1) is 24.5. The molecule has 2 aromatic rings. The molecule has 0 spiro atoms. The summed E-state index contributed by atoms with van der Waals surface area (Å²) in [6.07, 6.45) is 1.03. The second-order valence-corrected chi connectivity index (χ2v) is 11.4. The number of fused-ring (bicyclic) bond motifs is 1. The first-order valence-corrected chi connectivity index (χ1v) is 13.2. The third-order valence-electron chi connectivity index (χ3n) is 7.24. The second-order valence-electron chi connectivity index (χ2n) is 9.54. The van der Waals surface area contributed by atoms with Crippen LogP contribution in [0.2, 0.25) is 0 Å². The van der Waals surface area contributed by atoms with E-state index in [4.69, 9.17) is 0 Å². The zero-order valence-corrected chi connectivity index (χ0v) is 20.4. The molecule has 1 N–H and O–H groups in total. The Kier molecular flexibility index (Phi) is 6.16. The maximum atomic E-state index is 15.1. The van der Waals surface area contributed by atoms with Crippen molar-refractivity contribution in [1.82, 2.24) is 14.5 Å². The number of carbonyl (C=O) groups excluding carboxylic acids is 3. The van der Waals surface area contributed by atoms with Crippen molar-refractivity contribution < 1.29 is 31.6 Å². The molecule has 0 saturated carbocycles. The van der Waals surface area contributed by atoms with Gasteiger partial charge in [-0.05, 0) is 67.0 Å². The van der Waals surface area contributed by atoms with E-state index in [-0.39, 0.29) is 54.8 Å². The van der Waals surface area contributed by atoms with Crippen LogP contribution in [0.5, 0.6) is 0 Å². The van der Waals surface area contributed by atoms with Crippen LogP contribution in [0, 0.1) is 18.6 Å². The number of imide groups is 1. The van der Waals surface area contributed by atoms with Gasteiger partial charge in [0.05, 0.1) is 0 Å². The number of halogens is 2. The van der Waals surface area contributed by atoms with Crippen molar-refractivity contribution in [3.63, 3.8) is 0 Å². The summed E-state index contributed by atoms with van der Waals surface area (Å²) in [5.41, 5.74) is 1.80. The Morgan fingerprint density at radius 3 is 2.36 bits per heavy atom. The molecule has 8 nitrogen and oxygen atoms in total. The van der Waals surface area contributed by atoms with Crippen LogP contribution >= 0.6 is 0 Å². The fourth-order valence-corrected chi connectivity index (χ4v) is 6.80. The first-order valence-electron chi connectivity index (χ1n) is 11.8. The number of hydrogen-bond donors (Lipinski definition) is 1. The van der Waals surface area contributed by atoms with E-state index >= 15 is 4.39 Å². The topological polar surface area (TPSA) is 104 Å². The SMILES string of the molecule is Cc1ccc(S(=O)(=O)N2CCC(c3cc4c(cc3F)C(=O)N(C3CCC(=O)NC3=O)C4)CC2)c(F)c1. The van der Waals surface area contributed by atoms with Crippen molar-refractivity contribution >= 4 is 27.7 Å². The number of carbonyl (C=O) groups is 3. The Hall–Kier alpha value is -3.18. The highest BCUT2D eigenvalue weighted by atomic mass is 32.2. The largest absolute Gasteiger partial charge is 0.322 e. The van der Waals surface area contributed by atoms with Crippen LogP contribution in [-0.4, -0.2) is 54.5 Å². The number of benzene rings is 2. The fraction of sp³-hybridized carbons (Fsp3) is 0.400. The molecule has 2 fully saturated rings. The summed E-state index contributed by atoms with van der Waals surface area (Å²) in [6, 6.07) is 6.01. The van der Waals surface area contributed by atoms with E-state index in [1.807, 2.05) is 0 Å². The van der Waals surface area contributed by atoms with Gasteiger partial charge in [-0.15, -0.1) is 0 Å². The maximum absolute atomic E-state index is 15.1. The lowest BCUT2D eigenvalue weighted by molar-refractivity contribution is -0.136. The molecule has 190 valence electrons. The summed E-state index contributed by atoms with van der Waals surface area (Å²) < 4.78 is 56.6. The van der Waals surface area contributed by atoms with Gasteiger partial charge in [0.2, 0.25) is 21.8 Å². The lowest BCUT2D eigenvalue weighted by Gasteiger charge is -2.32. The smallest absolute Gasteiger partial charge is 0.255 e. The summed E-state index contributed by atoms with van der Waals surface area (Å²) in [4.78, 5) is 37.6. The van der Waals surface area contributed by atoms with Gasteiger partial charge in [-0.2, -0.15) is 4.31 Å². The molecule has 1 unspecified atom stereocenters. The van der Waals surface area contributed by atoms with E-state index in [1.165, 1.54) is 27.4 Å². The molecule has 0 bridgehead atoms. The molecule has 0 aromatic heterocycles. The molecule has 0 aliphatic carbocycles. The average molecular weight is 518 g/mol. The minimum absolute atomic E-state index is 0.109. The first-order chi connectivity index (χ1) is 17.1. The maximum Gasteiger partial charge on any atom is 0.255 e. The van der Waals surface area contributed by atoms with E-state index in [1.54, 1.807) is 19.1 Å². The molecule has 11 heteroatoms. The third kappa shape index (κ3) is 4.20. The number of hydrogen-bond acceptors (Lipinski definition) is 5. The van der Waals surface area contributed by atoms with Crippen LogP contribution in [-0.2, 0) is 26.2 Å². The Morgan fingerprint density at radius 1 is 0.972 bits per heavy atom. The Bertz CT molecular complexity index is 1390. The summed E-state index contributed by atoms with van der Waals surface area (Å²) in [7, 11) is -4.02. The van der Waals surface area contributed by atoms with Crippen LogP contribution in [0.3, 0.4) is 0 Å². The van der Waals surface area contributed by atoms with Gasteiger partial charge in [0, 0.05) is 31.6 Å². The minimum atomic E-state index is -4.02. The summed E-state index contributed by atoms with van der Waals surface area (Å²) in [5.74, 6) is -3.00. The molecule has 3 aliphatic rings. The average Bonchev–Trinajstić information content (AvgIpc) is 3.13. The van der Waals surface area contributed by atoms with Crippen molar-refractivity contribution in [2.24, 2.45) is 0 Å². The van der Waals surface area contributed by atoms with E-state index < -0.39 is 39.5 Å². The standard InChI is InChI=1S/C25H25F2N3O5S/c1-14-2-4-22(20(27)10-14)36(34,35)29-8-6-15(7-9-29)17-11-16-13-30(25(33)18(16)12-19(17)26)21-3-5-23(31)28-24(21)32/h2,4,10-12,15,21H,3,5-9,13H2,1H3,(H,28,31,32). The second kappa shape index (κ2) is 9.04. The van der Waals surface area contributed by atoms with Gasteiger partial charge >= 0.3 is 0 Å². The molecule has 36 heavy (non-hydrogen) atoms. The monoisotopic (exact) mass is 517 g/mol. The number of nitrogens with one attached hydrogen (secondary N) is 1. The predicted octanol–water partition coefficient (Wildman–Crippen LogP) is 2.60. The predicted molar refractivity (Wildman–Crippen MR) is 124 cm³/mol. The van der Waals surface area contributed by atoms with Crippen LogP contribution in [0.4, 0.5) is 8.78 Å². The number of nitrogens with zero attached hydrogens (tertiary/aromatic N) is 2. The van der Waals surface area contributed by atoms with Gasteiger partial charge < -0.3 is 4.90 Å². The highest BCUT2D eigenvalue weighted by Gasteiger charge is 2.40. The highest BCUT2D eigenvalue weighted by molar-refractivity contribution is 7.89. The molecule has 3 aliphatic heterocycles. The van der Waals surface area contributed by atoms with Crippen LogP contribution in [0.15, 0.2) is 35.2 Å². The van der Waals surface area contributed by atoms with Crippen LogP contribution in [0.25, 0.3) is 0 Å². The molecular formula is C25H25F2N3O5S. The van der Waals surface area contributed by atoms with Gasteiger partial charge in [-0.3, -0.25) is 19.7 Å². The van der Waals surface area contributed by atoms with Crippen LogP contribution < -0.4 is 5.32 Å². The van der Waals surface area contributed by atoms with Gasteiger partial charge in [0.25, 0.3) is 5.91 Å². The molecule has 0 radical (unpaired) electrons. The van der Waals surface area contributed by atoms with E-state index in [0.29, 0.717) is 29.5 Å². The number of aryl methyl sites for hydroxylation is 1. The normalized spacial score (nSPS) is 21.6. The third-order valence-corrected chi connectivity index (χ3v) is 9.17. The molecule has 1 atom stereocenters. The molecule has 3 heterocycles. The Balaban J connectivity index is 1.32. The summed E-state index contributed by atoms with van der Waals surface area (Å²) in [5, 5.41) is 2.24. The van der Waals surface area contributed by atoms with Crippen molar-refractivity contribution in [3.05, 3.63) is 64.2 Å². The van der Waals surface area contributed by atoms with Crippen LogP contribution in [0.1, 0.15) is 58.6 Å². The summed E-state index contributed by atoms with van der Waals surface area (Å²) >= 11 is 0. The molecule has 3 amide bonds. The van der Waals surface area contributed by atoms with E-state index in [0.717, 1.165) is 0 Å². The number of piperidine rings is 2. The van der Waals surface area contributed by atoms with Crippen molar-refractivity contribution in [3.8, 4) is 0 Å². The lowest BCUT2D eigenvalue weighted by Crippen LogP contribution is -2.52. The zero-order valence-electron chi connectivity index (χ0n) is 19.6. The van der Waals surface area contributed by atoms with E-state index in [2.05, 4.69) is 5.32 Å². The van der Waals surface area contributed by atoms with Gasteiger partial charge in [0.15, 0.2) is 0 Å². The zero-order chi connectivity index (χ0) is 25.8. The van der Waals surface area contributed by atoms with E-state index in [9.17, 15) is 27.2 Å². The summed E-state index contributed by atoms with van der Waals surface area (Å²) in [6.45, 7) is 2.03. The number of sulfonamides is 1. The number of rotatable bonds is 4. The molecule has 2 aromatic carbocycles. The quantitative estimate of drug-likeness (QED) is 0.628. The molecule has 2 saturated heterocycles. The van der Waals surface area contributed by atoms with Gasteiger partial charge in [-0.1, -0.05) is 12.1 Å². The van der Waals surface area contributed by atoms with Gasteiger partial charge in [-0.25, -0.2) is 17.2 Å². The van der Waals surface area contributed by atoms with Crippen molar-refractivity contribution in [2.45, 2.75) is 56.0 Å². The fourth-order valence-electron chi connectivity index (χ4n) is 5.28. The van der Waals surface area contributed by atoms with Crippen molar-refractivity contribution in [2.75, 3.05) is 13.1 Å². The number of amides is 3. The minimum Gasteiger partial charge on any atom is -0.322 e. The Labute approximate surface area is 207 Å². The lowest BCUT2D eigenvalue weighted by atomic mass is 9.88. The van der Waals surface area contributed by atoms with Crippen molar-refractivity contribution in [1.29, 1.82) is 0 Å². The molecular weight excluding hydrogens is 492 g/mol. The Morgan fingerprint density at radius 2 is 1.69 bits per heavy atom. The highest BCUT2D eigenvalue weighted by Crippen LogP contribution is 2.36.